The summed E-state index contributed by atoms with van der Waals surface area (Å²) in [5, 5.41) is 0. The van der Waals surface area contributed by atoms with E-state index in [1.807, 2.05) is 6.07 Å². The molecule has 0 N–H and O–H groups in total. The highest BCUT2D eigenvalue weighted by atomic mass is 79.9. The van der Waals surface area contributed by atoms with Crippen molar-refractivity contribution in [1.82, 2.24) is 0 Å². The van der Waals surface area contributed by atoms with Gasteiger partial charge in [0.05, 0.1) is 20.3 Å². The molecule has 1 saturated carbocycles. The van der Waals surface area contributed by atoms with Gasteiger partial charge in [-0.15, -0.1) is 0 Å². The van der Waals surface area contributed by atoms with Crippen LogP contribution < -0.4 is 9.47 Å². The van der Waals surface area contributed by atoms with Crippen molar-refractivity contribution >= 4 is 31.9 Å². The van der Waals surface area contributed by atoms with E-state index in [-0.39, 0.29) is 4.83 Å². The second-order valence-corrected chi connectivity index (χ2v) is 7.22. The van der Waals surface area contributed by atoms with Crippen LogP contribution in [0.3, 0.4) is 0 Å². The predicted octanol–water partition coefficient (Wildman–Crippen LogP) is 5.11. The molecule has 1 fully saturated rings. The topological polar surface area (TPSA) is 27.7 Å². The molecule has 2 rings (SSSR count). The number of halogens is 2. The maximum absolute atomic E-state index is 5.63. The van der Waals surface area contributed by atoms with Gasteiger partial charge in [-0.3, -0.25) is 0 Å². The number of hydrogen-bond acceptors (Lipinski definition) is 3. The van der Waals surface area contributed by atoms with Crippen LogP contribution in [0, 0.1) is 5.92 Å². The molecular weight excluding hydrogens is 400 g/mol. The minimum Gasteiger partial charge on any atom is -0.495 e. The number of ether oxygens (including phenoxy) is 3. The summed E-state index contributed by atoms with van der Waals surface area (Å²) in [6.07, 6.45) is 3.88. The number of rotatable bonds is 7. The van der Waals surface area contributed by atoms with Crippen LogP contribution in [0.2, 0.25) is 0 Å². The highest BCUT2D eigenvalue weighted by molar-refractivity contribution is 9.10. The molecule has 1 aliphatic carbocycles. The standard InChI is InChI=1S/C16H22Br2O3/c1-4-21-11-7-10(8-11)9-13(17)12-5-6-14(19-2)15(18)16(12)20-3/h5-6,10-11,13H,4,7-9H2,1-3H3. The van der Waals surface area contributed by atoms with Crippen LogP contribution >= 0.6 is 31.9 Å². The van der Waals surface area contributed by atoms with Crippen LogP contribution in [0.4, 0.5) is 0 Å². The normalized spacial score (nSPS) is 22.5. The molecule has 0 amide bonds. The van der Waals surface area contributed by atoms with E-state index >= 15 is 0 Å². The summed E-state index contributed by atoms with van der Waals surface area (Å²) >= 11 is 7.37. The summed E-state index contributed by atoms with van der Waals surface area (Å²) in [6, 6.07) is 4.04. The molecule has 0 aliphatic heterocycles. The average Bonchev–Trinajstić information content (AvgIpc) is 2.44. The molecule has 0 saturated heterocycles. The van der Waals surface area contributed by atoms with Gasteiger partial charge in [-0.2, -0.15) is 0 Å². The van der Waals surface area contributed by atoms with Crippen LogP contribution in [0.1, 0.15) is 36.6 Å². The van der Waals surface area contributed by atoms with Gasteiger partial charge >= 0.3 is 0 Å². The van der Waals surface area contributed by atoms with Crippen LogP contribution in [0.5, 0.6) is 11.5 Å². The first-order valence-electron chi connectivity index (χ1n) is 7.26. The van der Waals surface area contributed by atoms with E-state index in [1.54, 1.807) is 14.2 Å². The van der Waals surface area contributed by atoms with Crippen molar-refractivity contribution in [2.24, 2.45) is 5.92 Å². The number of methoxy groups -OCH3 is 2. The lowest BCUT2D eigenvalue weighted by molar-refractivity contribution is -0.0264. The molecule has 0 spiro atoms. The summed E-state index contributed by atoms with van der Waals surface area (Å²) in [6.45, 7) is 2.87. The molecule has 5 heteroatoms. The first kappa shape index (κ1) is 17.1. The Morgan fingerprint density at radius 2 is 1.95 bits per heavy atom. The maximum Gasteiger partial charge on any atom is 0.141 e. The average molecular weight is 422 g/mol. The molecule has 0 aromatic heterocycles. The molecule has 1 aliphatic rings. The second-order valence-electron chi connectivity index (χ2n) is 5.32. The lowest BCUT2D eigenvalue weighted by Crippen LogP contribution is -2.31. The van der Waals surface area contributed by atoms with E-state index in [2.05, 4.69) is 44.8 Å². The Kier molecular flexibility index (Phi) is 6.38. The third-order valence-electron chi connectivity index (χ3n) is 3.99. The Morgan fingerprint density at radius 3 is 2.52 bits per heavy atom. The Balaban J connectivity index is 2.03. The van der Waals surface area contributed by atoms with E-state index in [1.165, 1.54) is 0 Å². The van der Waals surface area contributed by atoms with Gasteiger partial charge in [0.1, 0.15) is 16.0 Å². The summed E-state index contributed by atoms with van der Waals surface area (Å²) in [5.74, 6) is 2.35. The highest BCUT2D eigenvalue weighted by Crippen LogP contribution is 2.46. The highest BCUT2D eigenvalue weighted by Gasteiger charge is 2.32. The van der Waals surface area contributed by atoms with Gasteiger partial charge in [-0.25, -0.2) is 0 Å². The van der Waals surface area contributed by atoms with Crippen LogP contribution in [-0.2, 0) is 4.74 Å². The summed E-state index contributed by atoms with van der Waals surface area (Å²) in [5.41, 5.74) is 1.16. The van der Waals surface area contributed by atoms with Gasteiger partial charge in [0.25, 0.3) is 0 Å². The van der Waals surface area contributed by atoms with Crippen molar-refractivity contribution in [2.45, 2.75) is 37.1 Å². The quantitative estimate of drug-likeness (QED) is 0.572. The van der Waals surface area contributed by atoms with Gasteiger partial charge < -0.3 is 14.2 Å². The zero-order valence-corrected chi connectivity index (χ0v) is 15.9. The Hall–Kier alpha value is -0.260. The molecule has 1 atom stereocenters. The van der Waals surface area contributed by atoms with Crippen molar-refractivity contribution in [1.29, 1.82) is 0 Å². The van der Waals surface area contributed by atoms with E-state index in [4.69, 9.17) is 14.2 Å². The monoisotopic (exact) mass is 420 g/mol. The fraction of sp³-hybridized carbons (Fsp3) is 0.625. The zero-order valence-electron chi connectivity index (χ0n) is 12.7. The molecule has 0 radical (unpaired) electrons. The minimum atomic E-state index is 0.280. The molecule has 118 valence electrons. The number of benzene rings is 1. The first-order chi connectivity index (χ1) is 10.1. The predicted molar refractivity (Wildman–Crippen MR) is 91.7 cm³/mol. The Bertz CT molecular complexity index is 473. The fourth-order valence-corrected chi connectivity index (χ4v) is 4.40. The van der Waals surface area contributed by atoms with Gasteiger partial charge in [0.15, 0.2) is 0 Å². The SMILES string of the molecule is CCOC1CC(CC(Br)c2ccc(OC)c(Br)c2OC)C1. The lowest BCUT2D eigenvalue weighted by Gasteiger charge is -2.36. The zero-order chi connectivity index (χ0) is 15.4. The minimum absolute atomic E-state index is 0.280. The first-order valence-corrected chi connectivity index (χ1v) is 8.97. The molecular formula is C16H22Br2O3. The van der Waals surface area contributed by atoms with Gasteiger partial charge in [0.2, 0.25) is 0 Å². The summed E-state index contributed by atoms with van der Waals surface area (Å²) in [7, 11) is 3.35. The van der Waals surface area contributed by atoms with E-state index < -0.39 is 0 Å². The van der Waals surface area contributed by atoms with Crippen LogP contribution in [0.15, 0.2) is 16.6 Å². The van der Waals surface area contributed by atoms with Crippen molar-refractivity contribution < 1.29 is 14.2 Å². The summed E-state index contributed by atoms with van der Waals surface area (Å²) < 4.78 is 17.4. The Morgan fingerprint density at radius 1 is 1.24 bits per heavy atom. The third-order valence-corrected chi connectivity index (χ3v) is 5.61. The molecule has 21 heavy (non-hydrogen) atoms. The maximum atomic E-state index is 5.63. The Labute approximate surface area is 143 Å². The molecule has 0 bridgehead atoms. The van der Waals surface area contributed by atoms with Gasteiger partial charge in [0, 0.05) is 17.0 Å². The summed E-state index contributed by atoms with van der Waals surface area (Å²) in [4.78, 5) is 0.280. The fourth-order valence-electron chi connectivity index (χ4n) is 2.82. The van der Waals surface area contributed by atoms with Crippen molar-refractivity contribution in [3.05, 3.63) is 22.2 Å². The van der Waals surface area contributed by atoms with Crippen molar-refractivity contribution in [3.8, 4) is 11.5 Å². The molecule has 1 aromatic rings. The van der Waals surface area contributed by atoms with E-state index in [9.17, 15) is 0 Å². The molecule has 1 unspecified atom stereocenters. The molecule has 1 aromatic carbocycles. The molecule has 3 nitrogen and oxygen atoms in total. The van der Waals surface area contributed by atoms with Gasteiger partial charge in [-0.05, 0) is 54.1 Å². The van der Waals surface area contributed by atoms with Gasteiger partial charge in [-0.1, -0.05) is 22.0 Å². The van der Waals surface area contributed by atoms with Crippen molar-refractivity contribution in [3.63, 3.8) is 0 Å². The van der Waals surface area contributed by atoms with E-state index in [0.717, 1.165) is 53.3 Å². The third kappa shape index (κ3) is 3.93. The van der Waals surface area contributed by atoms with E-state index in [0.29, 0.717) is 6.10 Å². The lowest BCUT2D eigenvalue weighted by atomic mass is 9.78. The number of alkyl halides is 1. The van der Waals surface area contributed by atoms with Crippen LogP contribution in [0.25, 0.3) is 0 Å². The largest absolute Gasteiger partial charge is 0.495 e. The smallest absolute Gasteiger partial charge is 0.141 e. The molecule has 0 heterocycles. The van der Waals surface area contributed by atoms with Crippen molar-refractivity contribution in [2.75, 3.05) is 20.8 Å². The van der Waals surface area contributed by atoms with Crippen LogP contribution in [-0.4, -0.2) is 26.9 Å². The number of hydrogen-bond donors (Lipinski definition) is 0. The second kappa shape index (κ2) is 7.84.